The summed E-state index contributed by atoms with van der Waals surface area (Å²) < 4.78 is 10.3. The lowest BCUT2D eigenvalue weighted by Gasteiger charge is -2.56. The number of carbonyl (C=O) groups is 2. The standard InChI is InChI=1S/C20H32O4/c1-23-19(21)17-15(13-9-5-3-6-10-13)18(20(22)24-2)16(17)14-11-7-4-8-12-14/h13-18H,3-12H2,1-2H3. The minimum absolute atomic E-state index is 0.0923. The van der Waals surface area contributed by atoms with Crippen molar-refractivity contribution in [1.29, 1.82) is 0 Å². The van der Waals surface area contributed by atoms with Gasteiger partial charge >= 0.3 is 11.9 Å². The van der Waals surface area contributed by atoms with Crippen LogP contribution in [0.5, 0.6) is 0 Å². The van der Waals surface area contributed by atoms with Gasteiger partial charge in [-0.05, 0) is 23.7 Å². The quantitative estimate of drug-likeness (QED) is 0.729. The smallest absolute Gasteiger partial charge is 0.309 e. The first kappa shape index (κ1) is 17.8. The molecule has 4 heteroatoms. The van der Waals surface area contributed by atoms with Crippen LogP contribution >= 0.6 is 0 Å². The van der Waals surface area contributed by atoms with Crippen LogP contribution in [0.2, 0.25) is 0 Å². The van der Waals surface area contributed by atoms with Gasteiger partial charge < -0.3 is 9.47 Å². The van der Waals surface area contributed by atoms with E-state index < -0.39 is 0 Å². The summed E-state index contributed by atoms with van der Waals surface area (Å²) >= 11 is 0. The topological polar surface area (TPSA) is 52.6 Å². The van der Waals surface area contributed by atoms with E-state index in [1.165, 1.54) is 52.7 Å². The highest BCUT2D eigenvalue weighted by Crippen LogP contribution is 2.58. The maximum absolute atomic E-state index is 12.6. The SMILES string of the molecule is COC(=O)C1C(C2CCCCC2)C(C(=O)OC)C1C1CCCCC1. The first-order valence-electron chi connectivity index (χ1n) is 9.84. The van der Waals surface area contributed by atoms with Gasteiger partial charge in [-0.1, -0.05) is 64.2 Å². The van der Waals surface area contributed by atoms with Crippen LogP contribution in [0.1, 0.15) is 64.2 Å². The van der Waals surface area contributed by atoms with E-state index in [9.17, 15) is 9.59 Å². The average molecular weight is 336 g/mol. The molecule has 24 heavy (non-hydrogen) atoms. The largest absolute Gasteiger partial charge is 0.469 e. The second kappa shape index (κ2) is 7.88. The van der Waals surface area contributed by atoms with Crippen LogP contribution < -0.4 is 0 Å². The molecule has 0 unspecified atom stereocenters. The third kappa shape index (κ3) is 3.21. The molecule has 0 spiro atoms. The van der Waals surface area contributed by atoms with Crippen molar-refractivity contribution < 1.29 is 19.1 Å². The fourth-order valence-electron chi connectivity index (χ4n) is 5.93. The first-order valence-corrected chi connectivity index (χ1v) is 9.84. The van der Waals surface area contributed by atoms with E-state index in [1.54, 1.807) is 0 Å². The zero-order valence-corrected chi connectivity index (χ0v) is 15.2. The molecule has 0 aromatic rings. The Labute approximate surface area is 145 Å². The highest BCUT2D eigenvalue weighted by atomic mass is 16.5. The van der Waals surface area contributed by atoms with Gasteiger partial charge in [0, 0.05) is 0 Å². The summed E-state index contributed by atoms with van der Waals surface area (Å²) in [5, 5.41) is 0. The van der Waals surface area contributed by atoms with E-state index in [-0.39, 0.29) is 35.6 Å². The maximum atomic E-state index is 12.6. The number of methoxy groups -OCH3 is 2. The number of carbonyl (C=O) groups excluding carboxylic acids is 2. The third-order valence-electron chi connectivity index (χ3n) is 6.99. The van der Waals surface area contributed by atoms with Gasteiger partial charge in [-0.25, -0.2) is 0 Å². The summed E-state index contributed by atoms with van der Waals surface area (Å²) in [6, 6.07) is 0. The number of rotatable bonds is 4. The molecule has 3 aliphatic rings. The van der Waals surface area contributed by atoms with Crippen molar-refractivity contribution in [2.45, 2.75) is 64.2 Å². The number of hydrogen-bond acceptors (Lipinski definition) is 4. The molecule has 0 atom stereocenters. The van der Waals surface area contributed by atoms with Gasteiger partial charge in [0.05, 0.1) is 26.1 Å². The Hall–Kier alpha value is -1.06. The molecule has 0 aromatic heterocycles. The molecule has 3 saturated carbocycles. The molecule has 136 valence electrons. The molecule has 0 bridgehead atoms. The average Bonchev–Trinajstić information content (AvgIpc) is 2.62. The van der Waals surface area contributed by atoms with E-state index in [0.29, 0.717) is 11.8 Å². The van der Waals surface area contributed by atoms with Crippen molar-refractivity contribution in [3.8, 4) is 0 Å². The van der Waals surface area contributed by atoms with Crippen LogP contribution in [0.3, 0.4) is 0 Å². The van der Waals surface area contributed by atoms with Crippen LogP contribution in [0, 0.1) is 35.5 Å². The third-order valence-corrected chi connectivity index (χ3v) is 6.99. The van der Waals surface area contributed by atoms with Crippen molar-refractivity contribution in [2.75, 3.05) is 14.2 Å². The first-order chi connectivity index (χ1) is 11.7. The fourth-order valence-corrected chi connectivity index (χ4v) is 5.93. The molecule has 0 aromatic carbocycles. The summed E-state index contributed by atoms with van der Waals surface area (Å²) in [6.45, 7) is 0. The van der Waals surface area contributed by atoms with Gasteiger partial charge in [0.25, 0.3) is 0 Å². The summed E-state index contributed by atoms with van der Waals surface area (Å²) in [4.78, 5) is 25.2. The molecule has 3 fully saturated rings. The molecule has 0 N–H and O–H groups in total. The Kier molecular flexibility index (Phi) is 5.83. The van der Waals surface area contributed by atoms with Crippen molar-refractivity contribution in [3.05, 3.63) is 0 Å². The van der Waals surface area contributed by atoms with Crippen LogP contribution in [0.25, 0.3) is 0 Å². The Morgan fingerprint density at radius 3 is 1.25 bits per heavy atom. The minimum atomic E-state index is -0.0960. The van der Waals surface area contributed by atoms with Crippen LogP contribution in [-0.2, 0) is 19.1 Å². The van der Waals surface area contributed by atoms with E-state index in [1.807, 2.05) is 0 Å². The summed E-state index contributed by atoms with van der Waals surface area (Å²) in [5.74, 6) is 0.853. The summed E-state index contributed by atoms with van der Waals surface area (Å²) in [7, 11) is 2.98. The maximum Gasteiger partial charge on any atom is 0.309 e. The predicted octanol–water partition coefficient (Wildman–Crippen LogP) is 3.97. The Bertz CT molecular complexity index is 399. The monoisotopic (exact) mass is 336 g/mol. The van der Waals surface area contributed by atoms with Gasteiger partial charge in [0.1, 0.15) is 0 Å². The Balaban J connectivity index is 1.85. The Morgan fingerprint density at radius 1 is 0.625 bits per heavy atom. The highest BCUT2D eigenvalue weighted by molar-refractivity contribution is 5.82. The van der Waals surface area contributed by atoms with Crippen LogP contribution in [-0.4, -0.2) is 26.2 Å². The predicted molar refractivity (Wildman–Crippen MR) is 91.1 cm³/mol. The lowest BCUT2D eigenvalue weighted by atomic mass is 9.47. The normalized spacial score (nSPS) is 35.1. The van der Waals surface area contributed by atoms with Crippen molar-refractivity contribution >= 4 is 11.9 Å². The van der Waals surface area contributed by atoms with E-state index in [2.05, 4.69) is 0 Å². The molecular formula is C20H32O4. The molecule has 0 radical (unpaired) electrons. The number of ether oxygens (including phenoxy) is 2. The molecular weight excluding hydrogens is 304 g/mol. The molecule has 0 amide bonds. The summed E-state index contributed by atoms with van der Waals surface area (Å²) in [6.07, 6.45) is 12.0. The summed E-state index contributed by atoms with van der Waals surface area (Å²) in [5.41, 5.74) is 0. The molecule has 0 aliphatic heterocycles. The van der Waals surface area contributed by atoms with Gasteiger partial charge in [0.15, 0.2) is 0 Å². The van der Waals surface area contributed by atoms with Gasteiger partial charge in [-0.2, -0.15) is 0 Å². The van der Waals surface area contributed by atoms with Crippen LogP contribution in [0.15, 0.2) is 0 Å². The zero-order chi connectivity index (χ0) is 17.1. The van der Waals surface area contributed by atoms with Gasteiger partial charge in [-0.15, -0.1) is 0 Å². The van der Waals surface area contributed by atoms with Crippen molar-refractivity contribution in [3.63, 3.8) is 0 Å². The molecule has 0 heterocycles. The lowest BCUT2D eigenvalue weighted by Crippen LogP contribution is -2.60. The Morgan fingerprint density at radius 2 is 0.958 bits per heavy atom. The lowest BCUT2D eigenvalue weighted by molar-refractivity contribution is -0.189. The van der Waals surface area contributed by atoms with E-state index >= 15 is 0 Å². The van der Waals surface area contributed by atoms with E-state index in [4.69, 9.17) is 9.47 Å². The van der Waals surface area contributed by atoms with Crippen molar-refractivity contribution in [1.82, 2.24) is 0 Å². The van der Waals surface area contributed by atoms with Crippen molar-refractivity contribution in [2.24, 2.45) is 35.5 Å². The molecule has 0 saturated heterocycles. The van der Waals surface area contributed by atoms with Crippen LogP contribution in [0.4, 0.5) is 0 Å². The fraction of sp³-hybridized carbons (Fsp3) is 0.900. The van der Waals surface area contributed by atoms with E-state index in [0.717, 1.165) is 25.7 Å². The highest BCUT2D eigenvalue weighted by Gasteiger charge is 2.62. The number of esters is 2. The number of hydrogen-bond donors (Lipinski definition) is 0. The second-order valence-electron chi connectivity index (χ2n) is 8.05. The van der Waals surface area contributed by atoms with Gasteiger partial charge in [-0.3, -0.25) is 9.59 Å². The molecule has 3 aliphatic carbocycles. The second-order valence-corrected chi connectivity index (χ2v) is 8.05. The zero-order valence-electron chi connectivity index (χ0n) is 15.2. The molecule has 3 rings (SSSR count). The minimum Gasteiger partial charge on any atom is -0.469 e. The molecule has 4 nitrogen and oxygen atoms in total. The van der Waals surface area contributed by atoms with Gasteiger partial charge in [0.2, 0.25) is 0 Å².